The standard InChI is InChI=1S/C16H20N4O3/c1-11-14(15(22)23-10-13(21)17-16(2,3)4)19-20(18-11)12-8-6-5-7-9-12/h5-9H,10H2,1-4H3,(H,17,21). The molecule has 1 aromatic carbocycles. The molecule has 0 unspecified atom stereocenters. The van der Waals surface area contributed by atoms with Gasteiger partial charge in [0.05, 0.1) is 11.4 Å². The maximum atomic E-state index is 12.1. The van der Waals surface area contributed by atoms with Crippen LogP contribution in [0.15, 0.2) is 30.3 Å². The number of para-hydroxylation sites is 1. The number of benzene rings is 1. The summed E-state index contributed by atoms with van der Waals surface area (Å²) in [5.74, 6) is -1.03. The van der Waals surface area contributed by atoms with Crippen LogP contribution in [-0.2, 0) is 9.53 Å². The molecule has 0 spiro atoms. The monoisotopic (exact) mass is 316 g/mol. The minimum absolute atomic E-state index is 0.0948. The summed E-state index contributed by atoms with van der Waals surface area (Å²) in [6.45, 7) is 6.86. The Morgan fingerprint density at radius 3 is 2.43 bits per heavy atom. The molecule has 1 N–H and O–H groups in total. The highest BCUT2D eigenvalue weighted by Gasteiger charge is 2.20. The summed E-state index contributed by atoms with van der Waals surface area (Å²) in [4.78, 5) is 25.1. The minimum atomic E-state index is -0.672. The molecule has 1 amide bonds. The van der Waals surface area contributed by atoms with Crippen molar-refractivity contribution >= 4 is 11.9 Å². The summed E-state index contributed by atoms with van der Waals surface area (Å²) in [6, 6.07) is 9.23. The number of hydrogen-bond acceptors (Lipinski definition) is 5. The van der Waals surface area contributed by atoms with Crippen LogP contribution in [0.4, 0.5) is 0 Å². The van der Waals surface area contributed by atoms with Crippen LogP contribution in [0.1, 0.15) is 37.0 Å². The molecule has 122 valence electrons. The molecule has 23 heavy (non-hydrogen) atoms. The summed E-state index contributed by atoms with van der Waals surface area (Å²) in [5, 5.41) is 11.0. The van der Waals surface area contributed by atoms with Gasteiger partial charge in [0.1, 0.15) is 0 Å². The van der Waals surface area contributed by atoms with E-state index in [4.69, 9.17) is 4.74 Å². The van der Waals surface area contributed by atoms with Crippen molar-refractivity contribution in [3.05, 3.63) is 41.7 Å². The van der Waals surface area contributed by atoms with Gasteiger partial charge in [-0.2, -0.15) is 9.90 Å². The minimum Gasteiger partial charge on any atom is -0.451 e. The summed E-state index contributed by atoms with van der Waals surface area (Å²) in [5.41, 5.74) is 0.892. The van der Waals surface area contributed by atoms with Gasteiger partial charge in [-0.1, -0.05) is 18.2 Å². The van der Waals surface area contributed by atoms with Crippen molar-refractivity contribution in [1.29, 1.82) is 0 Å². The number of aryl methyl sites for hydroxylation is 1. The quantitative estimate of drug-likeness (QED) is 0.867. The Kier molecular flexibility index (Phi) is 4.78. The molecule has 0 aliphatic carbocycles. The van der Waals surface area contributed by atoms with E-state index in [1.165, 1.54) is 4.80 Å². The van der Waals surface area contributed by atoms with Gasteiger partial charge in [0.2, 0.25) is 0 Å². The molecule has 7 nitrogen and oxygen atoms in total. The van der Waals surface area contributed by atoms with E-state index in [-0.39, 0.29) is 23.7 Å². The Labute approximate surface area is 134 Å². The van der Waals surface area contributed by atoms with Crippen molar-refractivity contribution < 1.29 is 14.3 Å². The molecule has 2 aromatic rings. The van der Waals surface area contributed by atoms with Gasteiger partial charge in [-0.3, -0.25) is 4.79 Å². The fourth-order valence-electron chi connectivity index (χ4n) is 1.90. The first-order valence-corrected chi connectivity index (χ1v) is 7.24. The lowest BCUT2D eigenvalue weighted by molar-refractivity contribution is -0.125. The predicted molar refractivity (Wildman–Crippen MR) is 84.3 cm³/mol. The van der Waals surface area contributed by atoms with Crippen molar-refractivity contribution in [1.82, 2.24) is 20.3 Å². The molecule has 0 radical (unpaired) electrons. The third kappa shape index (κ3) is 4.64. The zero-order valence-corrected chi connectivity index (χ0v) is 13.7. The van der Waals surface area contributed by atoms with Gasteiger partial charge in [0.15, 0.2) is 12.3 Å². The summed E-state index contributed by atoms with van der Waals surface area (Å²) in [6.07, 6.45) is 0. The van der Waals surface area contributed by atoms with Crippen LogP contribution in [0.5, 0.6) is 0 Å². The molecule has 7 heteroatoms. The SMILES string of the molecule is Cc1nn(-c2ccccc2)nc1C(=O)OCC(=O)NC(C)(C)C. The highest BCUT2D eigenvalue weighted by Crippen LogP contribution is 2.09. The van der Waals surface area contributed by atoms with E-state index >= 15 is 0 Å². The van der Waals surface area contributed by atoms with Crippen LogP contribution < -0.4 is 5.32 Å². The second kappa shape index (κ2) is 6.60. The lowest BCUT2D eigenvalue weighted by Gasteiger charge is -2.20. The fourth-order valence-corrected chi connectivity index (χ4v) is 1.90. The molecule has 2 rings (SSSR count). The van der Waals surface area contributed by atoms with Crippen LogP contribution >= 0.6 is 0 Å². The number of nitrogens with zero attached hydrogens (tertiary/aromatic N) is 3. The third-order valence-corrected chi connectivity index (χ3v) is 2.81. The third-order valence-electron chi connectivity index (χ3n) is 2.81. The van der Waals surface area contributed by atoms with Crippen molar-refractivity contribution in [3.63, 3.8) is 0 Å². The van der Waals surface area contributed by atoms with Gasteiger partial charge in [-0.05, 0) is 39.8 Å². The van der Waals surface area contributed by atoms with E-state index in [2.05, 4.69) is 15.5 Å². The number of aromatic nitrogens is 3. The molecule has 0 bridgehead atoms. The molecule has 1 aromatic heterocycles. The van der Waals surface area contributed by atoms with Gasteiger partial charge >= 0.3 is 5.97 Å². The Hall–Kier alpha value is -2.70. The molecule has 0 saturated heterocycles. The number of carbonyl (C=O) groups excluding carboxylic acids is 2. The van der Waals surface area contributed by atoms with Gasteiger partial charge in [-0.25, -0.2) is 4.79 Å². The normalized spacial score (nSPS) is 11.1. The molecule has 0 saturated carbocycles. The summed E-state index contributed by atoms with van der Waals surface area (Å²) in [7, 11) is 0. The summed E-state index contributed by atoms with van der Waals surface area (Å²) >= 11 is 0. The molecule has 0 atom stereocenters. The van der Waals surface area contributed by atoms with Crippen LogP contribution in [0.2, 0.25) is 0 Å². The molecule has 0 aliphatic rings. The molecule has 0 fully saturated rings. The van der Waals surface area contributed by atoms with Crippen LogP contribution in [0, 0.1) is 6.92 Å². The first kappa shape index (κ1) is 16.7. The van der Waals surface area contributed by atoms with Crippen LogP contribution in [-0.4, -0.2) is 39.0 Å². The Balaban J connectivity index is 2.03. The van der Waals surface area contributed by atoms with E-state index in [0.717, 1.165) is 5.69 Å². The van der Waals surface area contributed by atoms with E-state index in [1.807, 2.05) is 51.1 Å². The first-order chi connectivity index (χ1) is 10.8. The zero-order valence-electron chi connectivity index (χ0n) is 13.7. The zero-order chi connectivity index (χ0) is 17.0. The molecular formula is C16H20N4O3. The van der Waals surface area contributed by atoms with Crippen molar-refractivity contribution in [2.75, 3.05) is 6.61 Å². The number of rotatable bonds is 4. The van der Waals surface area contributed by atoms with Gasteiger partial charge in [0, 0.05) is 5.54 Å². The number of nitrogens with one attached hydrogen (secondary N) is 1. The maximum Gasteiger partial charge on any atom is 0.361 e. The lowest BCUT2D eigenvalue weighted by Crippen LogP contribution is -2.42. The van der Waals surface area contributed by atoms with Gasteiger partial charge < -0.3 is 10.1 Å². The second-order valence-corrected chi connectivity index (χ2v) is 6.13. The number of ether oxygens (including phenoxy) is 1. The van der Waals surface area contributed by atoms with Crippen molar-refractivity contribution in [3.8, 4) is 5.69 Å². The second-order valence-electron chi connectivity index (χ2n) is 6.13. The number of amides is 1. The van der Waals surface area contributed by atoms with E-state index in [0.29, 0.717) is 5.69 Å². The van der Waals surface area contributed by atoms with Crippen molar-refractivity contribution in [2.24, 2.45) is 0 Å². The van der Waals surface area contributed by atoms with Gasteiger partial charge in [0.25, 0.3) is 5.91 Å². The Morgan fingerprint density at radius 1 is 1.17 bits per heavy atom. The molecular weight excluding hydrogens is 296 g/mol. The van der Waals surface area contributed by atoms with E-state index < -0.39 is 5.97 Å². The van der Waals surface area contributed by atoms with Crippen LogP contribution in [0.3, 0.4) is 0 Å². The van der Waals surface area contributed by atoms with Crippen molar-refractivity contribution in [2.45, 2.75) is 33.2 Å². The lowest BCUT2D eigenvalue weighted by atomic mass is 10.1. The largest absolute Gasteiger partial charge is 0.451 e. The average molecular weight is 316 g/mol. The topological polar surface area (TPSA) is 86.1 Å². The highest BCUT2D eigenvalue weighted by molar-refractivity contribution is 5.90. The van der Waals surface area contributed by atoms with E-state index in [1.54, 1.807) is 6.92 Å². The van der Waals surface area contributed by atoms with Gasteiger partial charge in [-0.15, -0.1) is 5.10 Å². The number of hydrogen-bond donors (Lipinski definition) is 1. The first-order valence-electron chi connectivity index (χ1n) is 7.24. The Bertz CT molecular complexity index is 702. The average Bonchev–Trinajstić information content (AvgIpc) is 2.86. The number of carbonyl (C=O) groups is 2. The highest BCUT2D eigenvalue weighted by atomic mass is 16.5. The number of esters is 1. The molecule has 0 aliphatic heterocycles. The smallest absolute Gasteiger partial charge is 0.361 e. The predicted octanol–water partition coefficient (Wildman–Crippen LogP) is 1.65. The fraction of sp³-hybridized carbons (Fsp3) is 0.375. The summed E-state index contributed by atoms with van der Waals surface area (Å²) < 4.78 is 5.00. The maximum absolute atomic E-state index is 12.1. The Morgan fingerprint density at radius 2 is 1.83 bits per heavy atom. The molecule has 1 heterocycles. The van der Waals surface area contributed by atoms with Crippen LogP contribution in [0.25, 0.3) is 5.69 Å². The van der Waals surface area contributed by atoms with E-state index in [9.17, 15) is 9.59 Å².